The lowest BCUT2D eigenvalue weighted by Crippen LogP contribution is -2.35. The molecule has 0 saturated heterocycles. The van der Waals surface area contributed by atoms with Gasteiger partial charge in [-0.25, -0.2) is 9.69 Å². The topological polar surface area (TPSA) is 83.4 Å². The highest BCUT2D eigenvalue weighted by atomic mass is 32.1. The zero-order valence-corrected chi connectivity index (χ0v) is 11.2. The lowest BCUT2D eigenvalue weighted by Gasteiger charge is -2.16. The molecule has 7 heteroatoms. The molecule has 1 aromatic heterocycles. The molecule has 20 heavy (non-hydrogen) atoms. The highest BCUT2D eigenvalue weighted by molar-refractivity contribution is 7.08. The predicted octanol–water partition coefficient (Wildman–Crippen LogP) is 2.74. The summed E-state index contributed by atoms with van der Waals surface area (Å²) in [6.07, 6.45) is 0.644. The average molecular weight is 289 g/mol. The number of benzene rings is 1. The minimum Gasteiger partial charge on any atom is -0.464 e. The van der Waals surface area contributed by atoms with E-state index in [-0.39, 0.29) is 5.92 Å². The van der Waals surface area contributed by atoms with Gasteiger partial charge in [0.2, 0.25) is 0 Å². The Balaban J connectivity index is 1.97. The first kappa shape index (κ1) is 12.7. The number of carbonyl (C=O) groups is 2. The van der Waals surface area contributed by atoms with Gasteiger partial charge in [0.25, 0.3) is 5.91 Å². The largest absolute Gasteiger partial charge is 0.464 e. The Morgan fingerprint density at radius 3 is 2.55 bits per heavy atom. The molecular weight excluding hydrogens is 278 g/mol. The first-order valence-electron chi connectivity index (χ1n) is 6.13. The lowest BCUT2D eigenvalue weighted by molar-refractivity contribution is 0.0986. The van der Waals surface area contributed by atoms with Gasteiger partial charge in [-0.3, -0.25) is 4.79 Å². The number of hydrogen-bond acceptors (Lipinski definition) is 5. The Morgan fingerprint density at radius 1 is 1.25 bits per heavy atom. The van der Waals surface area contributed by atoms with E-state index in [4.69, 9.17) is 0 Å². The third-order valence-corrected chi connectivity index (χ3v) is 3.81. The molecule has 1 aromatic carbocycles. The zero-order chi connectivity index (χ0) is 14.1. The maximum absolute atomic E-state index is 12.5. The van der Waals surface area contributed by atoms with E-state index in [0.717, 1.165) is 29.3 Å². The van der Waals surface area contributed by atoms with Crippen molar-refractivity contribution in [2.75, 3.05) is 4.90 Å². The second-order valence-electron chi connectivity index (χ2n) is 4.52. The summed E-state index contributed by atoms with van der Waals surface area (Å²) in [5.41, 5.74) is 0.947. The van der Waals surface area contributed by atoms with Gasteiger partial charge in [0, 0.05) is 5.92 Å². The highest BCUT2D eigenvalue weighted by Crippen LogP contribution is 2.41. The fourth-order valence-corrected chi connectivity index (χ4v) is 2.64. The SMILES string of the molecule is O=C(O)N(C(=O)c1snnc1C1CC1)c1ccccc1. The molecule has 2 amide bonds. The van der Waals surface area contributed by atoms with E-state index in [1.807, 2.05) is 0 Å². The molecule has 0 radical (unpaired) electrons. The molecule has 3 rings (SSSR count). The Morgan fingerprint density at radius 2 is 1.95 bits per heavy atom. The van der Waals surface area contributed by atoms with Crippen LogP contribution in [0.3, 0.4) is 0 Å². The van der Waals surface area contributed by atoms with Gasteiger partial charge in [-0.05, 0) is 36.5 Å². The minimum absolute atomic E-state index is 0.249. The summed E-state index contributed by atoms with van der Waals surface area (Å²) in [6, 6.07) is 8.29. The van der Waals surface area contributed by atoms with Crippen molar-refractivity contribution in [1.82, 2.24) is 9.59 Å². The Bertz CT molecular complexity index is 652. The lowest BCUT2D eigenvalue weighted by atomic mass is 10.2. The van der Waals surface area contributed by atoms with Crippen molar-refractivity contribution in [3.05, 3.63) is 40.9 Å². The summed E-state index contributed by atoms with van der Waals surface area (Å²) in [4.78, 5) is 24.9. The maximum atomic E-state index is 12.5. The van der Waals surface area contributed by atoms with Crippen LogP contribution >= 0.6 is 11.5 Å². The van der Waals surface area contributed by atoms with Gasteiger partial charge in [-0.1, -0.05) is 22.7 Å². The second kappa shape index (κ2) is 5.01. The normalized spacial score (nSPS) is 14.0. The number of anilines is 1. The summed E-state index contributed by atoms with van der Waals surface area (Å²) in [6.45, 7) is 0. The molecule has 0 aliphatic heterocycles. The van der Waals surface area contributed by atoms with Crippen LogP contribution in [0.1, 0.15) is 34.1 Å². The predicted molar refractivity (Wildman–Crippen MR) is 73.2 cm³/mol. The molecule has 1 fully saturated rings. The fourth-order valence-electron chi connectivity index (χ4n) is 1.96. The number of carbonyl (C=O) groups excluding carboxylic acids is 1. The summed E-state index contributed by atoms with van der Waals surface area (Å²) < 4.78 is 3.79. The highest BCUT2D eigenvalue weighted by Gasteiger charge is 2.35. The molecule has 102 valence electrons. The van der Waals surface area contributed by atoms with Crippen LogP contribution in [0.25, 0.3) is 0 Å². The van der Waals surface area contributed by atoms with Crippen LogP contribution in [0.15, 0.2) is 30.3 Å². The van der Waals surface area contributed by atoms with Gasteiger partial charge in [-0.15, -0.1) is 5.10 Å². The van der Waals surface area contributed by atoms with Crippen molar-refractivity contribution in [3.8, 4) is 0 Å². The zero-order valence-electron chi connectivity index (χ0n) is 10.4. The van der Waals surface area contributed by atoms with Crippen LogP contribution in [0.4, 0.5) is 10.5 Å². The van der Waals surface area contributed by atoms with Crippen molar-refractivity contribution < 1.29 is 14.7 Å². The second-order valence-corrected chi connectivity index (χ2v) is 5.27. The van der Waals surface area contributed by atoms with E-state index in [1.165, 1.54) is 0 Å². The summed E-state index contributed by atoms with van der Waals surface area (Å²) in [5, 5.41) is 13.3. The number of imide groups is 1. The van der Waals surface area contributed by atoms with Crippen LogP contribution in [0.2, 0.25) is 0 Å². The molecule has 2 aromatic rings. The molecule has 1 saturated carbocycles. The quantitative estimate of drug-likeness (QED) is 0.939. The average Bonchev–Trinajstić information content (AvgIpc) is 3.17. The Hall–Kier alpha value is -2.28. The monoisotopic (exact) mass is 289 g/mol. The van der Waals surface area contributed by atoms with Gasteiger partial charge in [0.15, 0.2) is 0 Å². The van der Waals surface area contributed by atoms with Crippen LogP contribution in [0.5, 0.6) is 0 Å². The fraction of sp³-hybridized carbons (Fsp3) is 0.231. The molecule has 0 bridgehead atoms. The van der Waals surface area contributed by atoms with Gasteiger partial charge >= 0.3 is 6.09 Å². The first-order valence-corrected chi connectivity index (χ1v) is 6.90. The molecule has 1 heterocycles. The van der Waals surface area contributed by atoms with E-state index >= 15 is 0 Å². The standard InChI is InChI=1S/C13H11N3O3S/c17-12(11-10(8-6-7-8)14-15-20-11)16(13(18)19)9-4-2-1-3-5-9/h1-5,8H,6-7H2,(H,18,19). The molecule has 1 aliphatic rings. The summed E-state index contributed by atoms with van der Waals surface area (Å²) in [7, 11) is 0. The van der Waals surface area contributed by atoms with E-state index in [9.17, 15) is 14.7 Å². The third-order valence-electron chi connectivity index (χ3n) is 3.08. The van der Waals surface area contributed by atoms with Gasteiger partial charge < -0.3 is 5.11 Å². The molecular formula is C13H11N3O3S. The summed E-state index contributed by atoms with van der Waals surface area (Å²) in [5.74, 6) is -0.334. The van der Waals surface area contributed by atoms with Crippen LogP contribution in [-0.2, 0) is 0 Å². The van der Waals surface area contributed by atoms with Crippen molar-refractivity contribution in [2.45, 2.75) is 18.8 Å². The van der Waals surface area contributed by atoms with Crippen LogP contribution in [-0.4, -0.2) is 26.7 Å². The molecule has 0 spiro atoms. The molecule has 0 unspecified atom stereocenters. The number of nitrogens with zero attached hydrogens (tertiary/aromatic N) is 3. The summed E-state index contributed by atoms with van der Waals surface area (Å²) >= 11 is 0.951. The molecule has 0 atom stereocenters. The Kier molecular flexibility index (Phi) is 3.19. The maximum Gasteiger partial charge on any atom is 0.419 e. The van der Waals surface area contributed by atoms with Crippen molar-refractivity contribution in [2.24, 2.45) is 0 Å². The number of aromatic nitrogens is 2. The van der Waals surface area contributed by atoms with E-state index in [1.54, 1.807) is 30.3 Å². The van der Waals surface area contributed by atoms with Crippen LogP contribution < -0.4 is 4.90 Å². The smallest absolute Gasteiger partial charge is 0.419 e. The number of carboxylic acid groups (broad SMARTS) is 1. The number of para-hydroxylation sites is 1. The van der Waals surface area contributed by atoms with Crippen molar-refractivity contribution in [1.29, 1.82) is 0 Å². The van der Waals surface area contributed by atoms with Gasteiger partial charge in [-0.2, -0.15) is 0 Å². The van der Waals surface area contributed by atoms with E-state index in [2.05, 4.69) is 9.59 Å². The van der Waals surface area contributed by atoms with Gasteiger partial charge in [0.1, 0.15) is 4.88 Å². The molecule has 1 N–H and O–H groups in total. The van der Waals surface area contributed by atoms with Crippen molar-refractivity contribution in [3.63, 3.8) is 0 Å². The van der Waals surface area contributed by atoms with Gasteiger partial charge in [0.05, 0.1) is 11.4 Å². The molecule has 6 nitrogen and oxygen atoms in total. The van der Waals surface area contributed by atoms with E-state index in [0.29, 0.717) is 16.3 Å². The first-order chi connectivity index (χ1) is 9.68. The number of amides is 2. The number of rotatable bonds is 3. The minimum atomic E-state index is -1.31. The third kappa shape index (κ3) is 2.27. The number of hydrogen-bond donors (Lipinski definition) is 1. The van der Waals surface area contributed by atoms with E-state index < -0.39 is 12.0 Å². The molecule has 1 aliphatic carbocycles. The Labute approximate surface area is 118 Å². The van der Waals surface area contributed by atoms with Crippen LogP contribution in [0, 0.1) is 0 Å². The van der Waals surface area contributed by atoms with Crippen molar-refractivity contribution >= 4 is 29.2 Å².